The minimum atomic E-state index is -4.44. The fraction of sp³-hybridized carbons (Fsp3) is 0.300. The van der Waals surface area contributed by atoms with Gasteiger partial charge in [-0.25, -0.2) is 0 Å². The second-order valence-electron chi connectivity index (χ2n) is 6.06. The molecule has 0 aliphatic heterocycles. The van der Waals surface area contributed by atoms with Gasteiger partial charge in [0.05, 0.1) is 5.56 Å². The van der Waals surface area contributed by atoms with Gasteiger partial charge in [-0.3, -0.25) is 9.59 Å². The largest absolute Gasteiger partial charge is 0.416 e. The Morgan fingerprint density at radius 2 is 1.59 bits per heavy atom. The van der Waals surface area contributed by atoms with Gasteiger partial charge in [-0.2, -0.15) is 13.2 Å². The normalized spacial score (nSPS) is 11.1. The zero-order valence-electron chi connectivity index (χ0n) is 15.1. The molecule has 2 aromatic rings. The minimum absolute atomic E-state index is 0.0239. The third kappa shape index (κ3) is 5.84. The first-order valence-electron chi connectivity index (χ1n) is 8.55. The summed E-state index contributed by atoms with van der Waals surface area (Å²) in [6.45, 7) is 3.41. The van der Waals surface area contributed by atoms with Crippen LogP contribution < -0.4 is 10.2 Å². The van der Waals surface area contributed by atoms with Crippen LogP contribution >= 0.6 is 0 Å². The van der Waals surface area contributed by atoms with Crippen LogP contribution in [-0.2, 0) is 22.2 Å². The Bertz CT molecular complexity index is 784. The number of carbonyl (C=O) groups excluding carboxylic acids is 2. The molecular weight excluding hydrogens is 357 g/mol. The van der Waals surface area contributed by atoms with Crippen LogP contribution in [0.15, 0.2) is 48.5 Å². The number of benzene rings is 2. The lowest BCUT2D eigenvalue weighted by molar-refractivity contribution is -0.137. The molecule has 0 saturated heterocycles. The second kappa shape index (κ2) is 8.70. The predicted octanol–water partition coefficient (Wildman–Crippen LogP) is 4.65. The lowest BCUT2D eigenvalue weighted by Gasteiger charge is -2.21. The van der Waals surface area contributed by atoms with E-state index in [4.69, 9.17) is 0 Å². The third-order valence-electron chi connectivity index (χ3n) is 4.09. The van der Waals surface area contributed by atoms with Crippen molar-refractivity contribution in [2.45, 2.75) is 32.9 Å². The van der Waals surface area contributed by atoms with Crippen LogP contribution in [0.5, 0.6) is 0 Å². The summed E-state index contributed by atoms with van der Waals surface area (Å²) in [7, 11) is 0. The van der Waals surface area contributed by atoms with Crippen LogP contribution in [0.1, 0.15) is 31.4 Å². The molecule has 0 unspecified atom stereocenters. The first kappa shape index (κ1) is 20.5. The summed E-state index contributed by atoms with van der Waals surface area (Å²) < 4.78 is 38.0. The molecule has 27 heavy (non-hydrogen) atoms. The van der Waals surface area contributed by atoms with Gasteiger partial charge in [0.25, 0.3) is 0 Å². The van der Waals surface area contributed by atoms with Gasteiger partial charge in [-0.1, -0.05) is 19.1 Å². The Morgan fingerprint density at radius 3 is 2.07 bits per heavy atom. The Morgan fingerprint density at radius 1 is 1.00 bits per heavy atom. The number of alkyl halides is 3. The molecule has 0 bridgehead atoms. The molecule has 0 aromatic heterocycles. The van der Waals surface area contributed by atoms with Crippen molar-refractivity contribution in [1.82, 2.24) is 0 Å². The van der Waals surface area contributed by atoms with Crippen molar-refractivity contribution in [1.29, 1.82) is 0 Å². The Labute approximate surface area is 156 Å². The number of carbonyl (C=O) groups is 2. The van der Waals surface area contributed by atoms with E-state index in [2.05, 4.69) is 5.32 Å². The van der Waals surface area contributed by atoms with Crippen molar-refractivity contribution in [3.63, 3.8) is 0 Å². The second-order valence-corrected chi connectivity index (χ2v) is 6.06. The number of anilines is 2. The average Bonchev–Trinajstić information content (AvgIpc) is 2.62. The van der Waals surface area contributed by atoms with Gasteiger partial charge >= 0.3 is 6.18 Å². The van der Waals surface area contributed by atoms with Gasteiger partial charge in [-0.15, -0.1) is 0 Å². The van der Waals surface area contributed by atoms with Crippen molar-refractivity contribution in [3.05, 3.63) is 59.7 Å². The highest BCUT2D eigenvalue weighted by Crippen LogP contribution is 2.30. The van der Waals surface area contributed by atoms with Gasteiger partial charge in [0.1, 0.15) is 0 Å². The molecule has 0 fully saturated rings. The zero-order chi connectivity index (χ0) is 20.0. The van der Waals surface area contributed by atoms with E-state index in [0.29, 0.717) is 11.4 Å². The number of aryl methyl sites for hydroxylation is 1. The van der Waals surface area contributed by atoms with Gasteiger partial charge < -0.3 is 10.2 Å². The standard InChI is InChI=1S/C20H21F3N2O2/c1-3-15-4-8-17(9-5-15)24-19(27)12-13-25(14(2)26)18-10-6-16(7-11-18)20(21,22)23/h4-11H,3,12-13H2,1-2H3,(H,24,27). The molecule has 0 aliphatic rings. The van der Waals surface area contributed by atoms with E-state index in [1.807, 2.05) is 19.1 Å². The number of halogens is 3. The van der Waals surface area contributed by atoms with Crippen LogP contribution in [0.3, 0.4) is 0 Å². The van der Waals surface area contributed by atoms with E-state index in [0.717, 1.165) is 24.1 Å². The number of amides is 2. The van der Waals surface area contributed by atoms with Crippen LogP contribution in [0.25, 0.3) is 0 Å². The maximum atomic E-state index is 12.7. The Kier molecular flexibility index (Phi) is 6.60. The van der Waals surface area contributed by atoms with Crippen LogP contribution in [0, 0.1) is 0 Å². The van der Waals surface area contributed by atoms with Gasteiger partial charge in [0.15, 0.2) is 0 Å². The minimum Gasteiger partial charge on any atom is -0.326 e. The third-order valence-corrected chi connectivity index (χ3v) is 4.09. The summed E-state index contributed by atoms with van der Waals surface area (Å²) in [6.07, 6.45) is -3.52. The topological polar surface area (TPSA) is 49.4 Å². The van der Waals surface area contributed by atoms with Crippen molar-refractivity contribution in [3.8, 4) is 0 Å². The average molecular weight is 378 g/mol. The first-order chi connectivity index (χ1) is 12.7. The molecule has 7 heteroatoms. The SMILES string of the molecule is CCc1ccc(NC(=O)CCN(C(C)=O)c2ccc(C(F)(F)F)cc2)cc1. The monoisotopic (exact) mass is 378 g/mol. The molecule has 0 atom stereocenters. The summed E-state index contributed by atoms with van der Waals surface area (Å²) >= 11 is 0. The molecule has 0 saturated carbocycles. The van der Waals surface area contributed by atoms with E-state index in [-0.39, 0.29) is 24.8 Å². The Hall–Kier alpha value is -2.83. The molecular formula is C20H21F3N2O2. The molecule has 0 aliphatic carbocycles. The van der Waals surface area contributed by atoms with Gasteiger partial charge in [0, 0.05) is 31.3 Å². The molecule has 2 amide bonds. The predicted molar refractivity (Wildman–Crippen MR) is 98.5 cm³/mol. The Balaban J connectivity index is 1.99. The molecule has 2 rings (SSSR count). The molecule has 0 radical (unpaired) electrons. The van der Waals surface area contributed by atoms with E-state index in [1.165, 1.54) is 24.0 Å². The fourth-order valence-electron chi connectivity index (χ4n) is 2.56. The van der Waals surface area contributed by atoms with Crippen LogP contribution in [0.2, 0.25) is 0 Å². The molecule has 1 N–H and O–H groups in total. The van der Waals surface area contributed by atoms with Gasteiger partial charge in [-0.05, 0) is 48.4 Å². The highest BCUT2D eigenvalue weighted by Gasteiger charge is 2.30. The molecule has 2 aromatic carbocycles. The number of hydrogen-bond acceptors (Lipinski definition) is 2. The van der Waals surface area contributed by atoms with Crippen molar-refractivity contribution in [2.24, 2.45) is 0 Å². The highest BCUT2D eigenvalue weighted by atomic mass is 19.4. The quantitative estimate of drug-likeness (QED) is 0.796. The summed E-state index contributed by atoms with van der Waals surface area (Å²) in [5, 5.41) is 2.74. The molecule has 0 spiro atoms. The first-order valence-corrected chi connectivity index (χ1v) is 8.55. The van der Waals surface area contributed by atoms with Crippen LogP contribution in [-0.4, -0.2) is 18.4 Å². The van der Waals surface area contributed by atoms with E-state index < -0.39 is 11.7 Å². The summed E-state index contributed by atoms with van der Waals surface area (Å²) in [4.78, 5) is 25.2. The summed E-state index contributed by atoms with van der Waals surface area (Å²) in [5.74, 6) is -0.632. The maximum Gasteiger partial charge on any atom is 0.416 e. The maximum absolute atomic E-state index is 12.7. The zero-order valence-corrected chi connectivity index (χ0v) is 15.1. The molecule has 4 nitrogen and oxygen atoms in total. The van der Waals surface area contributed by atoms with Crippen molar-refractivity contribution < 1.29 is 22.8 Å². The van der Waals surface area contributed by atoms with Crippen molar-refractivity contribution in [2.75, 3.05) is 16.8 Å². The van der Waals surface area contributed by atoms with E-state index >= 15 is 0 Å². The number of rotatable bonds is 6. The number of hydrogen-bond donors (Lipinski definition) is 1. The lowest BCUT2D eigenvalue weighted by atomic mass is 10.1. The van der Waals surface area contributed by atoms with Gasteiger partial charge in [0.2, 0.25) is 11.8 Å². The lowest BCUT2D eigenvalue weighted by Crippen LogP contribution is -2.32. The molecule has 144 valence electrons. The summed E-state index contributed by atoms with van der Waals surface area (Å²) in [6, 6.07) is 11.7. The highest BCUT2D eigenvalue weighted by molar-refractivity contribution is 5.94. The van der Waals surface area contributed by atoms with E-state index in [1.54, 1.807) is 12.1 Å². The van der Waals surface area contributed by atoms with E-state index in [9.17, 15) is 22.8 Å². The summed E-state index contributed by atoms with van der Waals surface area (Å²) in [5.41, 5.74) is 1.33. The number of nitrogens with one attached hydrogen (secondary N) is 1. The fourth-order valence-corrected chi connectivity index (χ4v) is 2.56. The van der Waals surface area contributed by atoms with Crippen LogP contribution in [0.4, 0.5) is 24.5 Å². The van der Waals surface area contributed by atoms with Crippen molar-refractivity contribution >= 4 is 23.2 Å². The number of nitrogens with zero attached hydrogens (tertiary/aromatic N) is 1. The molecule has 0 heterocycles. The smallest absolute Gasteiger partial charge is 0.326 e.